The Bertz CT molecular complexity index is 461. The average molecular weight is 270 g/mol. The number of ether oxygens (including phenoxy) is 2. The molecule has 1 rings (SSSR count). The van der Waals surface area contributed by atoms with Crippen molar-refractivity contribution in [3.63, 3.8) is 0 Å². The first-order chi connectivity index (χ1) is 8.93. The Morgan fingerprint density at radius 3 is 2.68 bits per heavy atom. The number of nitrogens with zero attached hydrogens (tertiary/aromatic N) is 2. The van der Waals surface area contributed by atoms with E-state index >= 15 is 0 Å². The smallest absolute Gasteiger partial charge is 0.349 e. The van der Waals surface area contributed by atoms with E-state index in [1.807, 2.05) is 0 Å². The molecular weight excluding hydrogens is 256 g/mol. The molecule has 0 aliphatic heterocycles. The van der Waals surface area contributed by atoms with E-state index in [9.17, 15) is 20.0 Å². The third kappa shape index (κ3) is 3.38. The number of carbonyl (C=O) groups is 1. The van der Waals surface area contributed by atoms with E-state index in [1.165, 1.54) is 26.2 Å². The first-order valence-corrected chi connectivity index (χ1v) is 5.46. The summed E-state index contributed by atoms with van der Waals surface area (Å²) in [7, 11) is 1.40. The summed E-state index contributed by atoms with van der Waals surface area (Å²) in [4.78, 5) is 25.3. The predicted molar refractivity (Wildman–Crippen MR) is 63.2 cm³/mol. The quantitative estimate of drug-likeness (QED) is 0.443. The van der Waals surface area contributed by atoms with Gasteiger partial charge in [0.25, 0.3) is 5.60 Å². The fourth-order valence-corrected chi connectivity index (χ4v) is 1.46. The molecule has 0 aromatic carbocycles. The van der Waals surface area contributed by atoms with Gasteiger partial charge in [-0.05, 0) is 13.0 Å². The van der Waals surface area contributed by atoms with E-state index in [2.05, 4.69) is 9.72 Å². The summed E-state index contributed by atoms with van der Waals surface area (Å²) in [5, 5.41) is 20.8. The second-order valence-corrected chi connectivity index (χ2v) is 3.66. The second-order valence-electron chi connectivity index (χ2n) is 3.66. The Labute approximate surface area is 109 Å². The molecule has 1 N–H and O–H groups in total. The lowest BCUT2D eigenvalue weighted by Gasteiger charge is -2.21. The highest BCUT2D eigenvalue weighted by molar-refractivity contribution is 5.81. The summed E-state index contributed by atoms with van der Waals surface area (Å²) >= 11 is 0. The van der Waals surface area contributed by atoms with Gasteiger partial charge in [-0.2, -0.15) is 0 Å². The topological polar surface area (TPSA) is 112 Å². The minimum absolute atomic E-state index is 0.00242. The lowest BCUT2D eigenvalue weighted by molar-refractivity contribution is -0.499. The Kier molecular flexibility index (Phi) is 4.76. The third-order valence-corrected chi connectivity index (χ3v) is 2.39. The number of aromatic nitrogens is 1. The lowest BCUT2D eigenvalue weighted by Crippen LogP contribution is -2.43. The third-order valence-electron chi connectivity index (χ3n) is 2.39. The van der Waals surface area contributed by atoms with Crippen molar-refractivity contribution in [1.29, 1.82) is 0 Å². The van der Waals surface area contributed by atoms with E-state index in [4.69, 9.17) is 4.74 Å². The van der Waals surface area contributed by atoms with Gasteiger partial charge in [0.05, 0.1) is 13.7 Å². The molecule has 1 aromatic heterocycles. The molecule has 19 heavy (non-hydrogen) atoms. The molecule has 0 amide bonds. The van der Waals surface area contributed by atoms with Crippen LogP contribution in [0.1, 0.15) is 12.5 Å². The van der Waals surface area contributed by atoms with Gasteiger partial charge in [0, 0.05) is 22.7 Å². The van der Waals surface area contributed by atoms with Crippen LogP contribution < -0.4 is 4.74 Å². The van der Waals surface area contributed by atoms with Crippen molar-refractivity contribution in [2.45, 2.75) is 12.5 Å². The fraction of sp³-hybridized carbons (Fsp3) is 0.455. The molecule has 0 saturated carbocycles. The van der Waals surface area contributed by atoms with E-state index < -0.39 is 23.0 Å². The van der Waals surface area contributed by atoms with Crippen LogP contribution in [0.3, 0.4) is 0 Å². The van der Waals surface area contributed by atoms with Crippen LogP contribution in [0.5, 0.6) is 5.88 Å². The van der Waals surface area contributed by atoms with E-state index in [0.717, 1.165) is 6.20 Å². The Hall–Kier alpha value is -2.22. The number of rotatable bonds is 6. The van der Waals surface area contributed by atoms with Gasteiger partial charge in [0.1, 0.15) is 0 Å². The zero-order valence-electron chi connectivity index (χ0n) is 10.5. The van der Waals surface area contributed by atoms with Gasteiger partial charge >= 0.3 is 5.97 Å². The molecule has 1 heterocycles. The summed E-state index contributed by atoms with van der Waals surface area (Å²) in [6.45, 7) is 0.541. The molecule has 1 aromatic rings. The molecule has 0 saturated heterocycles. The molecule has 8 heteroatoms. The SMILES string of the molecule is CCOC(=O)C(O)(C[N+](=O)[O-])c1ccc(OC)nc1. The molecule has 0 aliphatic rings. The number of hydrogen-bond acceptors (Lipinski definition) is 7. The largest absolute Gasteiger partial charge is 0.481 e. The Morgan fingerprint density at radius 1 is 1.58 bits per heavy atom. The minimum atomic E-state index is -2.36. The predicted octanol–water partition coefficient (Wildman–Crippen LogP) is 0.118. The molecule has 0 fully saturated rings. The monoisotopic (exact) mass is 270 g/mol. The van der Waals surface area contributed by atoms with E-state index in [1.54, 1.807) is 0 Å². The maximum absolute atomic E-state index is 11.7. The van der Waals surface area contributed by atoms with Crippen LogP contribution in [-0.2, 0) is 15.1 Å². The van der Waals surface area contributed by atoms with E-state index in [-0.39, 0.29) is 18.1 Å². The molecule has 0 spiro atoms. The molecule has 0 aliphatic carbocycles. The van der Waals surface area contributed by atoms with Crippen molar-refractivity contribution in [3.05, 3.63) is 34.0 Å². The van der Waals surface area contributed by atoms with Gasteiger partial charge in [0.2, 0.25) is 12.4 Å². The second kappa shape index (κ2) is 6.10. The molecule has 1 unspecified atom stereocenters. The number of carbonyl (C=O) groups excluding carboxylic acids is 1. The summed E-state index contributed by atoms with van der Waals surface area (Å²) in [5.41, 5.74) is -2.39. The number of nitro groups is 1. The van der Waals surface area contributed by atoms with Crippen molar-refractivity contribution >= 4 is 5.97 Å². The van der Waals surface area contributed by atoms with Gasteiger partial charge in [-0.3, -0.25) is 10.1 Å². The van der Waals surface area contributed by atoms with Crippen LogP contribution in [0.2, 0.25) is 0 Å². The van der Waals surface area contributed by atoms with Crippen LogP contribution in [0.4, 0.5) is 0 Å². The van der Waals surface area contributed by atoms with Crippen molar-refractivity contribution in [2.24, 2.45) is 0 Å². The van der Waals surface area contributed by atoms with Gasteiger partial charge in [0.15, 0.2) is 0 Å². The van der Waals surface area contributed by atoms with Crippen molar-refractivity contribution < 1.29 is 24.3 Å². The fourth-order valence-electron chi connectivity index (χ4n) is 1.46. The summed E-state index contributed by atoms with van der Waals surface area (Å²) in [6.07, 6.45) is 1.14. The molecule has 104 valence electrons. The van der Waals surface area contributed by atoms with Crippen LogP contribution >= 0.6 is 0 Å². The van der Waals surface area contributed by atoms with Crippen LogP contribution in [0.25, 0.3) is 0 Å². The van der Waals surface area contributed by atoms with Crippen molar-refractivity contribution in [1.82, 2.24) is 4.98 Å². The molecule has 1 atom stereocenters. The summed E-state index contributed by atoms with van der Waals surface area (Å²) in [5.74, 6) is -0.824. The maximum atomic E-state index is 11.7. The van der Waals surface area contributed by atoms with Gasteiger partial charge in [-0.15, -0.1) is 0 Å². The zero-order valence-corrected chi connectivity index (χ0v) is 10.5. The van der Waals surface area contributed by atoms with Crippen LogP contribution in [-0.4, -0.2) is 41.2 Å². The van der Waals surface area contributed by atoms with Gasteiger partial charge in [-0.1, -0.05) is 0 Å². The highest BCUT2D eigenvalue weighted by Gasteiger charge is 2.45. The lowest BCUT2D eigenvalue weighted by atomic mass is 9.95. The molecular formula is C11H14N2O6. The zero-order chi connectivity index (χ0) is 14.5. The highest BCUT2D eigenvalue weighted by atomic mass is 16.6. The van der Waals surface area contributed by atoms with Gasteiger partial charge < -0.3 is 14.6 Å². The Balaban J connectivity index is 3.13. The number of hydrogen-bond donors (Lipinski definition) is 1. The first-order valence-electron chi connectivity index (χ1n) is 5.46. The number of aliphatic hydroxyl groups is 1. The first kappa shape index (κ1) is 14.8. The minimum Gasteiger partial charge on any atom is -0.481 e. The summed E-state index contributed by atoms with van der Waals surface area (Å²) < 4.78 is 9.49. The maximum Gasteiger partial charge on any atom is 0.349 e. The van der Waals surface area contributed by atoms with Crippen LogP contribution in [0.15, 0.2) is 18.3 Å². The van der Waals surface area contributed by atoms with Gasteiger partial charge in [-0.25, -0.2) is 9.78 Å². The molecule has 0 radical (unpaired) electrons. The molecule has 8 nitrogen and oxygen atoms in total. The standard InChI is InChI=1S/C11H14N2O6/c1-3-19-10(14)11(15,7-13(16)17)8-4-5-9(18-2)12-6-8/h4-6,15H,3,7H2,1-2H3. The van der Waals surface area contributed by atoms with E-state index in [0.29, 0.717) is 0 Å². The highest BCUT2D eigenvalue weighted by Crippen LogP contribution is 2.24. The van der Waals surface area contributed by atoms with Crippen LogP contribution in [0, 0.1) is 10.1 Å². The molecule has 0 bridgehead atoms. The normalized spacial score (nSPS) is 13.4. The number of esters is 1. The number of methoxy groups -OCH3 is 1. The average Bonchev–Trinajstić information content (AvgIpc) is 2.38. The summed E-state index contributed by atoms with van der Waals surface area (Å²) in [6, 6.07) is 2.71. The Morgan fingerprint density at radius 2 is 2.26 bits per heavy atom. The van der Waals surface area contributed by atoms with Crippen molar-refractivity contribution in [2.75, 3.05) is 20.3 Å². The van der Waals surface area contributed by atoms with Crippen molar-refractivity contribution in [3.8, 4) is 5.88 Å². The number of pyridine rings is 1.